The van der Waals surface area contributed by atoms with Gasteiger partial charge in [0.25, 0.3) is 0 Å². The molecular formula is C20H17FN2O3S. The fourth-order valence-electron chi connectivity index (χ4n) is 2.43. The molecule has 138 valence electrons. The molecule has 0 spiro atoms. The number of aryl methyl sites for hydroxylation is 1. The highest BCUT2D eigenvalue weighted by atomic mass is 32.2. The average Bonchev–Trinajstić information content (AvgIpc) is 2.65. The normalized spacial score (nSPS) is 11.0. The number of aromatic nitrogens is 1. The molecule has 3 aromatic rings. The molecule has 0 radical (unpaired) electrons. The minimum Gasteiger partial charge on any atom is -0.478 e. The second-order valence-electron chi connectivity index (χ2n) is 5.68. The molecule has 0 aliphatic rings. The highest BCUT2D eigenvalue weighted by Crippen LogP contribution is 2.21. The van der Waals surface area contributed by atoms with E-state index in [9.17, 15) is 12.8 Å². The molecule has 1 heterocycles. The Morgan fingerprint density at radius 3 is 2.70 bits per heavy atom. The molecule has 2 aromatic carbocycles. The Balaban J connectivity index is 1.65. The maximum Gasteiger partial charge on any atom is 0.243 e. The van der Waals surface area contributed by atoms with Crippen LogP contribution in [-0.2, 0) is 10.0 Å². The number of hydrogen-bond acceptors (Lipinski definition) is 4. The Labute approximate surface area is 157 Å². The van der Waals surface area contributed by atoms with Crippen LogP contribution in [0.5, 0.6) is 5.75 Å². The van der Waals surface area contributed by atoms with E-state index in [0.717, 1.165) is 11.1 Å². The number of hydrogen-bond donors (Lipinski definition) is 1. The van der Waals surface area contributed by atoms with Crippen LogP contribution in [-0.4, -0.2) is 26.6 Å². The molecule has 0 aliphatic carbocycles. The fourth-order valence-corrected chi connectivity index (χ4v) is 3.53. The van der Waals surface area contributed by atoms with Crippen molar-refractivity contribution in [2.75, 3.05) is 13.2 Å². The van der Waals surface area contributed by atoms with Crippen LogP contribution in [0.4, 0.5) is 4.39 Å². The van der Waals surface area contributed by atoms with Gasteiger partial charge in [0.15, 0.2) is 11.6 Å². The number of nitrogens with one attached hydrogen (secondary N) is 1. The van der Waals surface area contributed by atoms with Gasteiger partial charge in [0.2, 0.25) is 10.0 Å². The maximum absolute atomic E-state index is 13.4. The van der Waals surface area contributed by atoms with Crippen molar-refractivity contribution in [2.24, 2.45) is 0 Å². The SMILES string of the molecule is Cc1ccc2cccc(S(=O)(=O)NCC#CCOc3ccccc3F)c2n1. The van der Waals surface area contributed by atoms with E-state index >= 15 is 0 Å². The lowest BCUT2D eigenvalue weighted by Crippen LogP contribution is -2.24. The number of sulfonamides is 1. The largest absolute Gasteiger partial charge is 0.478 e. The summed E-state index contributed by atoms with van der Waals surface area (Å²) >= 11 is 0. The Bertz CT molecular complexity index is 1130. The van der Waals surface area contributed by atoms with E-state index in [1.54, 1.807) is 31.2 Å². The molecule has 3 rings (SSSR count). The van der Waals surface area contributed by atoms with Crippen molar-refractivity contribution in [1.82, 2.24) is 9.71 Å². The lowest BCUT2D eigenvalue weighted by molar-refractivity contribution is 0.348. The molecule has 0 saturated carbocycles. The van der Waals surface area contributed by atoms with E-state index in [1.165, 1.54) is 18.2 Å². The number of halogens is 1. The average molecular weight is 384 g/mol. The highest BCUT2D eigenvalue weighted by Gasteiger charge is 2.17. The molecule has 27 heavy (non-hydrogen) atoms. The minimum atomic E-state index is -3.77. The molecule has 0 bridgehead atoms. The predicted molar refractivity (Wildman–Crippen MR) is 101 cm³/mol. The van der Waals surface area contributed by atoms with Gasteiger partial charge in [-0.25, -0.2) is 12.8 Å². The van der Waals surface area contributed by atoms with Gasteiger partial charge in [-0.15, -0.1) is 0 Å². The van der Waals surface area contributed by atoms with Crippen LogP contribution < -0.4 is 9.46 Å². The van der Waals surface area contributed by atoms with Crippen LogP contribution in [0.25, 0.3) is 10.9 Å². The predicted octanol–water partition coefficient (Wildman–Crippen LogP) is 3.04. The van der Waals surface area contributed by atoms with Crippen molar-refractivity contribution in [3.05, 3.63) is 66.1 Å². The maximum atomic E-state index is 13.4. The smallest absolute Gasteiger partial charge is 0.243 e. The number of fused-ring (bicyclic) bond motifs is 1. The van der Waals surface area contributed by atoms with Crippen LogP contribution in [0.2, 0.25) is 0 Å². The number of ether oxygens (including phenoxy) is 1. The lowest BCUT2D eigenvalue weighted by atomic mass is 10.2. The highest BCUT2D eigenvalue weighted by molar-refractivity contribution is 7.89. The van der Waals surface area contributed by atoms with Crippen molar-refractivity contribution in [3.8, 4) is 17.6 Å². The topological polar surface area (TPSA) is 68.3 Å². The van der Waals surface area contributed by atoms with Gasteiger partial charge in [-0.1, -0.05) is 42.2 Å². The standard InChI is InChI=1S/C20H17FN2O3S/c1-15-11-12-16-7-6-10-19(20(16)23-15)27(24,25)22-13-4-5-14-26-18-9-3-2-8-17(18)21/h2-3,6-12,22H,13-14H2,1H3. The first kappa shape index (κ1) is 18.8. The summed E-state index contributed by atoms with van der Waals surface area (Å²) in [5, 5.41) is 0.743. The Hall–Kier alpha value is -2.95. The summed E-state index contributed by atoms with van der Waals surface area (Å²) in [6, 6.07) is 14.6. The van der Waals surface area contributed by atoms with Gasteiger partial charge in [0, 0.05) is 11.1 Å². The summed E-state index contributed by atoms with van der Waals surface area (Å²) in [4.78, 5) is 4.44. The van der Waals surface area contributed by atoms with Crippen molar-refractivity contribution in [3.63, 3.8) is 0 Å². The fraction of sp³-hybridized carbons (Fsp3) is 0.150. The molecule has 5 nitrogen and oxygen atoms in total. The van der Waals surface area contributed by atoms with Crippen molar-refractivity contribution >= 4 is 20.9 Å². The van der Waals surface area contributed by atoms with E-state index in [0.29, 0.717) is 5.52 Å². The van der Waals surface area contributed by atoms with Crippen LogP contribution in [0, 0.1) is 24.6 Å². The lowest BCUT2D eigenvalue weighted by Gasteiger charge is -2.07. The number of para-hydroxylation sites is 2. The molecule has 0 amide bonds. The van der Waals surface area contributed by atoms with Crippen LogP contribution >= 0.6 is 0 Å². The first-order chi connectivity index (χ1) is 13.0. The first-order valence-corrected chi connectivity index (χ1v) is 9.65. The van der Waals surface area contributed by atoms with E-state index in [1.807, 2.05) is 12.1 Å². The van der Waals surface area contributed by atoms with Crippen molar-refractivity contribution in [2.45, 2.75) is 11.8 Å². The summed E-state index contributed by atoms with van der Waals surface area (Å²) in [6.07, 6.45) is 0. The second kappa shape index (κ2) is 8.16. The van der Waals surface area contributed by atoms with E-state index in [4.69, 9.17) is 4.74 Å². The Morgan fingerprint density at radius 2 is 1.89 bits per heavy atom. The molecular weight excluding hydrogens is 367 g/mol. The van der Waals surface area contributed by atoms with Crippen molar-refractivity contribution in [1.29, 1.82) is 0 Å². The number of nitrogens with zero attached hydrogens (tertiary/aromatic N) is 1. The third-order valence-electron chi connectivity index (χ3n) is 3.72. The van der Waals surface area contributed by atoms with Gasteiger partial charge in [-0.05, 0) is 31.2 Å². The van der Waals surface area contributed by atoms with E-state index in [2.05, 4.69) is 21.5 Å². The zero-order valence-corrected chi connectivity index (χ0v) is 15.4. The van der Waals surface area contributed by atoms with Gasteiger partial charge in [0.1, 0.15) is 11.5 Å². The van der Waals surface area contributed by atoms with Crippen LogP contribution in [0.1, 0.15) is 5.69 Å². The monoisotopic (exact) mass is 384 g/mol. The van der Waals surface area contributed by atoms with Crippen LogP contribution in [0.15, 0.2) is 59.5 Å². The van der Waals surface area contributed by atoms with Gasteiger partial charge in [-0.3, -0.25) is 4.98 Å². The van der Waals surface area contributed by atoms with Gasteiger partial charge in [0.05, 0.1) is 12.1 Å². The van der Waals surface area contributed by atoms with Crippen LogP contribution in [0.3, 0.4) is 0 Å². The summed E-state index contributed by atoms with van der Waals surface area (Å²) in [7, 11) is -3.77. The molecule has 7 heteroatoms. The number of pyridine rings is 1. The van der Waals surface area contributed by atoms with E-state index in [-0.39, 0.29) is 23.8 Å². The van der Waals surface area contributed by atoms with Gasteiger partial charge >= 0.3 is 0 Å². The third-order valence-corrected chi connectivity index (χ3v) is 5.16. The molecule has 1 N–H and O–H groups in total. The minimum absolute atomic E-state index is 0.0440. The molecule has 0 fully saturated rings. The zero-order valence-electron chi connectivity index (χ0n) is 14.6. The molecule has 0 unspecified atom stereocenters. The van der Waals surface area contributed by atoms with Crippen molar-refractivity contribution < 1.29 is 17.5 Å². The summed E-state index contributed by atoms with van der Waals surface area (Å²) in [5.41, 5.74) is 1.15. The molecule has 0 atom stereocenters. The summed E-state index contributed by atoms with van der Waals surface area (Å²) in [6.45, 7) is 1.67. The Kier molecular flexibility index (Phi) is 5.69. The Morgan fingerprint density at radius 1 is 1.07 bits per heavy atom. The quantitative estimate of drug-likeness (QED) is 0.687. The van der Waals surface area contributed by atoms with Gasteiger partial charge < -0.3 is 4.74 Å². The molecule has 0 aliphatic heterocycles. The first-order valence-electron chi connectivity index (χ1n) is 8.16. The van der Waals surface area contributed by atoms with Gasteiger partial charge in [-0.2, -0.15) is 4.72 Å². The molecule has 1 aromatic heterocycles. The summed E-state index contributed by atoms with van der Waals surface area (Å²) < 4.78 is 46.1. The number of benzene rings is 2. The second-order valence-corrected chi connectivity index (χ2v) is 7.41. The number of rotatable bonds is 5. The van der Waals surface area contributed by atoms with E-state index < -0.39 is 15.8 Å². The third kappa shape index (κ3) is 4.61. The molecule has 0 saturated heterocycles. The zero-order chi connectivity index (χ0) is 19.3. The summed E-state index contributed by atoms with van der Waals surface area (Å²) in [5.74, 6) is 4.93.